The summed E-state index contributed by atoms with van der Waals surface area (Å²) in [5, 5.41) is 15.7. The largest absolute Gasteiger partial charge is 0.511 e. The Morgan fingerprint density at radius 2 is 2.00 bits per heavy atom. The minimum absolute atomic E-state index is 0.134. The molecule has 13 heteroatoms. The van der Waals surface area contributed by atoms with Crippen molar-refractivity contribution in [1.29, 1.82) is 0 Å². The molecule has 0 radical (unpaired) electrons. The third-order valence-corrected chi connectivity index (χ3v) is 9.58. The van der Waals surface area contributed by atoms with Crippen molar-refractivity contribution in [2.45, 2.75) is 43.3 Å². The topological polar surface area (TPSA) is 145 Å². The van der Waals surface area contributed by atoms with Crippen LogP contribution >= 0.6 is 11.3 Å². The lowest BCUT2D eigenvalue weighted by Crippen LogP contribution is -2.49. The van der Waals surface area contributed by atoms with Gasteiger partial charge in [0, 0.05) is 30.6 Å². The predicted octanol–water partition coefficient (Wildman–Crippen LogP) is 2.33. The van der Waals surface area contributed by atoms with Crippen LogP contribution in [-0.4, -0.2) is 50.9 Å². The summed E-state index contributed by atoms with van der Waals surface area (Å²) in [6, 6.07) is 9.33. The summed E-state index contributed by atoms with van der Waals surface area (Å²) in [5.41, 5.74) is 1.05. The van der Waals surface area contributed by atoms with Gasteiger partial charge in [-0.2, -0.15) is 8.42 Å². The molecule has 0 spiro atoms. The van der Waals surface area contributed by atoms with E-state index in [1.165, 1.54) is 5.38 Å². The van der Waals surface area contributed by atoms with Crippen LogP contribution in [0.5, 0.6) is 0 Å². The van der Waals surface area contributed by atoms with E-state index in [1.807, 2.05) is 30.3 Å². The molecule has 2 aliphatic heterocycles. The fourth-order valence-corrected chi connectivity index (χ4v) is 7.92. The Morgan fingerprint density at radius 1 is 1.26 bits per heavy atom. The molecular formula is C22H24N4O6S3. The van der Waals surface area contributed by atoms with Crippen molar-refractivity contribution in [1.82, 2.24) is 9.62 Å². The van der Waals surface area contributed by atoms with Gasteiger partial charge in [0.2, 0.25) is 10.0 Å². The van der Waals surface area contributed by atoms with Gasteiger partial charge in [-0.15, -0.1) is 15.7 Å². The smallest absolute Gasteiger partial charge is 0.287 e. The van der Waals surface area contributed by atoms with Crippen LogP contribution in [0.1, 0.15) is 30.4 Å². The van der Waals surface area contributed by atoms with E-state index in [0.29, 0.717) is 13.0 Å². The number of aliphatic hydroxyl groups is 1. The second-order valence-electron chi connectivity index (χ2n) is 8.84. The average molecular weight is 537 g/mol. The van der Waals surface area contributed by atoms with Crippen molar-refractivity contribution in [2.75, 3.05) is 11.6 Å². The zero-order valence-corrected chi connectivity index (χ0v) is 21.2. The number of nitrogens with one attached hydrogen (secondary N) is 2. The molecule has 1 aromatic carbocycles. The first-order chi connectivity index (χ1) is 16.5. The van der Waals surface area contributed by atoms with Crippen LogP contribution in [0.2, 0.25) is 0 Å². The fourth-order valence-electron chi connectivity index (χ4n) is 4.90. The van der Waals surface area contributed by atoms with Crippen molar-refractivity contribution in [2.24, 2.45) is 10.3 Å². The lowest BCUT2D eigenvalue weighted by Gasteiger charge is -2.38. The molecule has 10 nitrogen and oxygen atoms in total. The van der Waals surface area contributed by atoms with Crippen molar-refractivity contribution in [3.63, 3.8) is 0 Å². The zero-order chi connectivity index (χ0) is 25.0. The molecule has 1 aromatic heterocycles. The van der Waals surface area contributed by atoms with E-state index in [-0.39, 0.29) is 51.1 Å². The second kappa shape index (κ2) is 8.73. The molecule has 0 unspecified atom stereocenters. The number of carbonyl (C=O) groups is 1. The number of anilines is 1. The molecule has 1 fully saturated rings. The monoisotopic (exact) mass is 536 g/mol. The first-order valence-corrected chi connectivity index (χ1v) is 15.2. The highest BCUT2D eigenvalue weighted by molar-refractivity contribution is 7.91. The lowest BCUT2D eigenvalue weighted by molar-refractivity contribution is -0.132. The predicted molar refractivity (Wildman–Crippen MR) is 132 cm³/mol. The molecule has 2 atom stereocenters. The first-order valence-electron chi connectivity index (χ1n) is 11.0. The normalized spacial score (nSPS) is 23.5. The number of nitrogens with zero attached hydrogens (tertiary/aromatic N) is 2. The zero-order valence-electron chi connectivity index (χ0n) is 18.8. The maximum absolute atomic E-state index is 13.6. The number of fused-ring (bicyclic) bond motifs is 2. The number of amides is 1. The van der Waals surface area contributed by atoms with Crippen LogP contribution in [0.15, 0.2) is 56.3 Å². The van der Waals surface area contributed by atoms with Gasteiger partial charge >= 0.3 is 0 Å². The van der Waals surface area contributed by atoms with E-state index >= 15 is 0 Å². The lowest BCUT2D eigenvalue weighted by atomic mass is 9.90. The number of hydrogen-bond acceptors (Lipinski definition) is 8. The maximum atomic E-state index is 13.6. The van der Waals surface area contributed by atoms with Gasteiger partial charge in [0.1, 0.15) is 21.2 Å². The Balaban J connectivity index is 1.52. The highest BCUT2D eigenvalue weighted by atomic mass is 32.2. The number of thiophene rings is 1. The molecule has 186 valence electrons. The summed E-state index contributed by atoms with van der Waals surface area (Å²) in [6.07, 6.45) is 3.26. The molecule has 3 aliphatic rings. The van der Waals surface area contributed by atoms with Gasteiger partial charge in [-0.05, 0) is 23.8 Å². The molecule has 2 aromatic rings. The third kappa shape index (κ3) is 4.48. The molecule has 35 heavy (non-hydrogen) atoms. The van der Waals surface area contributed by atoms with Crippen molar-refractivity contribution in [3.8, 4) is 0 Å². The molecular weight excluding hydrogens is 512 g/mol. The molecule has 1 aliphatic carbocycles. The van der Waals surface area contributed by atoms with Gasteiger partial charge in [-0.3, -0.25) is 4.79 Å². The van der Waals surface area contributed by atoms with E-state index in [1.54, 1.807) is 4.90 Å². The molecule has 0 saturated heterocycles. The van der Waals surface area contributed by atoms with Crippen LogP contribution in [0.4, 0.5) is 5.00 Å². The summed E-state index contributed by atoms with van der Waals surface area (Å²) >= 11 is 1.06. The Hall–Kier alpha value is -2.74. The van der Waals surface area contributed by atoms with E-state index in [9.17, 15) is 26.7 Å². The Kier molecular flexibility index (Phi) is 5.98. The van der Waals surface area contributed by atoms with Gasteiger partial charge in [0.15, 0.2) is 5.84 Å². The second-order valence-corrected chi connectivity index (χ2v) is 13.1. The molecule has 1 saturated carbocycles. The van der Waals surface area contributed by atoms with Gasteiger partial charge in [-0.1, -0.05) is 36.8 Å². The van der Waals surface area contributed by atoms with Crippen molar-refractivity contribution < 1.29 is 26.7 Å². The Bertz CT molecular complexity index is 1460. The van der Waals surface area contributed by atoms with Gasteiger partial charge in [0.05, 0.1) is 6.26 Å². The average Bonchev–Trinajstić information content (AvgIpc) is 3.43. The molecule has 5 rings (SSSR count). The standard InChI is InChI=1S/C22H24N4O6S3/c1-34(29,30)23-10-14-12-33-21-19(14)35(31,32)25-20(24-21)17-18(27)15-8-5-9-16(15)26(22(17)28)11-13-6-3-2-4-7-13/h2-4,6-7,12,15-16,23,27H,5,8-11H2,1H3,(H,24,25)/t15-,16+/m1/s1. The van der Waals surface area contributed by atoms with E-state index < -0.39 is 26.0 Å². The summed E-state index contributed by atoms with van der Waals surface area (Å²) in [5.74, 6) is -1.12. The van der Waals surface area contributed by atoms with E-state index in [0.717, 1.165) is 36.0 Å². The fraction of sp³-hybridized carbons (Fsp3) is 0.364. The minimum atomic E-state index is -4.26. The summed E-state index contributed by atoms with van der Waals surface area (Å²) in [4.78, 5) is 15.2. The number of rotatable bonds is 6. The highest BCUT2D eigenvalue weighted by Gasteiger charge is 2.47. The number of amidine groups is 1. The quantitative estimate of drug-likeness (QED) is 0.514. The molecule has 3 N–H and O–H groups in total. The summed E-state index contributed by atoms with van der Waals surface area (Å²) in [6.45, 7) is 0.126. The number of aliphatic hydroxyl groups excluding tert-OH is 1. The minimum Gasteiger partial charge on any atom is -0.511 e. The molecule has 3 heterocycles. The van der Waals surface area contributed by atoms with Crippen molar-refractivity contribution >= 4 is 48.1 Å². The number of hydrogen-bond donors (Lipinski definition) is 3. The summed E-state index contributed by atoms with van der Waals surface area (Å²) in [7, 11) is -7.79. The highest BCUT2D eigenvalue weighted by Crippen LogP contribution is 2.43. The number of carbonyl (C=O) groups excluding carboxylic acids is 1. The van der Waals surface area contributed by atoms with Gasteiger partial charge in [0.25, 0.3) is 15.9 Å². The molecule has 1 amide bonds. The Labute approximate surface area is 207 Å². The molecule has 0 bridgehead atoms. The van der Waals surface area contributed by atoms with Crippen LogP contribution in [-0.2, 0) is 37.9 Å². The first kappa shape index (κ1) is 24.0. The van der Waals surface area contributed by atoms with Crippen LogP contribution in [0.3, 0.4) is 0 Å². The van der Waals surface area contributed by atoms with E-state index in [2.05, 4.69) is 14.4 Å². The maximum Gasteiger partial charge on any atom is 0.287 e. The van der Waals surface area contributed by atoms with Gasteiger partial charge in [-0.25, -0.2) is 13.1 Å². The SMILES string of the molecule is CS(=O)(=O)NCc1csc2c1S(=O)(=O)N=C(C1=C(O)[C@@H]3CCC[C@@H]3N(Cc3ccccc3)C1=O)N2. The van der Waals surface area contributed by atoms with Crippen LogP contribution in [0, 0.1) is 5.92 Å². The van der Waals surface area contributed by atoms with Crippen LogP contribution < -0.4 is 10.0 Å². The number of sulfonamides is 2. The van der Waals surface area contributed by atoms with E-state index in [4.69, 9.17) is 0 Å². The summed E-state index contributed by atoms with van der Waals surface area (Å²) < 4.78 is 55.3. The third-order valence-electron chi connectivity index (χ3n) is 6.44. The Morgan fingerprint density at radius 3 is 2.71 bits per heavy atom. The van der Waals surface area contributed by atoms with Crippen LogP contribution in [0.25, 0.3) is 0 Å². The van der Waals surface area contributed by atoms with Gasteiger partial charge < -0.3 is 15.3 Å². The van der Waals surface area contributed by atoms with Crippen molar-refractivity contribution in [3.05, 3.63) is 58.2 Å². The number of benzene rings is 1.